The van der Waals surface area contributed by atoms with Crippen molar-refractivity contribution < 1.29 is 9.90 Å². The molecule has 0 radical (unpaired) electrons. The number of aliphatic hydroxyl groups excluding tert-OH is 1. The molecule has 2 atom stereocenters. The second-order valence-corrected chi connectivity index (χ2v) is 3.73. The molecule has 0 saturated heterocycles. The van der Waals surface area contributed by atoms with Crippen LogP contribution in [-0.4, -0.2) is 33.4 Å². The number of aliphatic hydroxyl groups is 1. The molecule has 1 heterocycles. The van der Waals surface area contributed by atoms with Crippen LogP contribution in [0.1, 0.15) is 24.9 Å². The first kappa shape index (κ1) is 12.7. The van der Waals surface area contributed by atoms with Gasteiger partial charge in [-0.25, -0.2) is 0 Å². The third kappa shape index (κ3) is 3.32. The summed E-state index contributed by atoms with van der Waals surface area (Å²) in [6.45, 7) is 2.07. The van der Waals surface area contributed by atoms with Crippen LogP contribution in [0.2, 0.25) is 0 Å². The standard InChI is InChI=1S/C10H18N4O2/c1-3-8(15)5-12-10(16)9(11)7-4-13-14(2)6-7/h4,6,8-9,15H,3,5,11H2,1-2H3,(H,12,16). The lowest BCUT2D eigenvalue weighted by Crippen LogP contribution is -2.38. The molecule has 6 heteroatoms. The molecule has 1 amide bonds. The highest BCUT2D eigenvalue weighted by Gasteiger charge is 2.17. The molecular formula is C10H18N4O2. The van der Waals surface area contributed by atoms with Crippen LogP contribution in [0.25, 0.3) is 0 Å². The summed E-state index contributed by atoms with van der Waals surface area (Å²) in [5, 5.41) is 15.8. The van der Waals surface area contributed by atoms with Gasteiger partial charge in [0.25, 0.3) is 0 Å². The minimum absolute atomic E-state index is 0.225. The van der Waals surface area contributed by atoms with E-state index in [1.165, 1.54) is 0 Å². The van der Waals surface area contributed by atoms with Gasteiger partial charge in [0.15, 0.2) is 0 Å². The lowest BCUT2D eigenvalue weighted by atomic mass is 10.1. The van der Waals surface area contributed by atoms with Crippen LogP contribution in [0.4, 0.5) is 0 Å². The zero-order chi connectivity index (χ0) is 12.1. The maximum absolute atomic E-state index is 11.6. The van der Waals surface area contributed by atoms with Gasteiger partial charge in [0.1, 0.15) is 6.04 Å². The molecule has 1 aromatic heterocycles. The van der Waals surface area contributed by atoms with E-state index in [1.54, 1.807) is 24.1 Å². The number of aromatic nitrogens is 2. The Labute approximate surface area is 94.4 Å². The van der Waals surface area contributed by atoms with Gasteiger partial charge in [-0.1, -0.05) is 6.92 Å². The van der Waals surface area contributed by atoms with E-state index in [-0.39, 0.29) is 12.5 Å². The highest BCUT2D eigenvalue weighted by atomic mass is 16.3. The summed E-state index contributed by atoms with van der Waals surface area (Å²) >= 11 is 0. The fourth-order valence-electron chi connectivity index (χ4n) is 1.22. The smallest absolute Gasteiger partial charge is 0.241 e. The molecule has 2 unspecified atom stereocenters. The normalized spacial score (nSPS) is 14.5. The van der Waals surface area contributed by atoms with E-state index in [9.17, 15) is 9.90 Å². The molecule has 16 heavy (non-hydrogen) atoms. The SMILES string of the molecule is CCC(O)CNC(=O)C(N)c1cnn(C)c1. The number of carbonyl (C=O) groups is 1. The van der Waals surface area contributed by atoms with Gasteiger partial charge in [0.05, 0.1) is 12.3 Å². The molecule has 0 aliphatic rings. The van der Waals surface area contributed by atoms with Gasteiger partial charge in [-0.05, 0) is 6.42 Å². The average molecular weight is 226 g/mol. The number of nitrogens with two attached hydrogens (primary N) is 1. The fraction of sp³-hybridized carbons (Fsp3) is 0.600. The predicted octanol–water partition coefficient (Wildman–Crippen LogP) is -0.693. The summed E-state index contributed by atoms with van der Waals surface area (Å²) in [6, 6.07) is -0.738. The van der Waals surface area contributed by atoms with Crippen LogP contribution >= 0.6 is 0 Å². The van der Waals surface area contributed by atoms with Crippen molar-refractivity contribution in [2.75, 3.05) is 6.54 Å². The van der Waals surface area contributed by atoms with Gasteiger partial charge in [-0.15, -0.1) is 0 Å². The molecule has 90 valence electrons. The number of nitrogens with zero attached hydrogens (tertiary/aromatic N) is 2. The second-order valence-electron chi connectivity index (χ2n) is 3.73. The predicted molar refractivity (Wildman–Crippen MR) is 59.4 cm³/mol. The summed E-state index contributed by atoms with van der Waals surface area (Å²) in [6.07, 6.45) is 3.33. The maximum atomic E-state index is 11.6. The number of amides is 1. The third-order valence-corrected chi connectivity index (χ3v) is 2.35. The van der Waals surface area contributed by atoms with Crippen molar-refractivity contribution in [2.45, 2.75) is 25.5 Å². The Hall–Kier alpha value is -1.40. The fourth-order valence-corrected chi connectivity index (χ4v) is 1.22. The lowest BCUT2D eigenvalue weighted by molar-refractivity contribution is -0.122. The number of hydrogen-bond acceptors (Lipinski definition) is 4. The van der Waals surface area contributed by atoms with Gasteiger partial charge in [0.2, 0.25) is 5.91 Å². The van der Waals surface area contributed by atoms with Crippen LogP contribution < -0.4 is 11.1 Å². The van der Waals surface area contributed by atoms with Crippen LogP contribution in [0.15, 0.2) is 12.4 Å². The van der Waals surface area contributed by atoms with E-state index < -0.39 is 12.1 Å². The molecule has 0 aliphatic heterocycles. The van der Waals surface area contributed by atoms with Crippen molar-refractivity contribution >= 4 is 5.91 Å². The number of hydrogen-bond donors (Lipinski definition) is 3. The van der Waals surface area contributed by atoms with Crippen LogP contribution in [0.3, 0.4) is 0 Å². The highest BCUT2D eigenvalue weighted by Crippen LogP contribution is 2.08. The van der Waals surface area contributed by atoms with E-state index in [1.807, 2.05) is 6.92 Å². The minimum Gasteiger partial charge on any atom is -0.391 e. The van der Waals surface area contributed by atoms with Crippen molar-refractivity contribution in [1.82, 2.24) is 15.1 Å². The summed E-state index contributed by atoms with van der Waals surface area (Å²) < 4.78 is 1.59. The molecule has 0 spiro atoms. The number of carbonyl (C=O) groups excluding carboxylic acids is 1. The summed E-state index contributed by atoms with van der Waals surface area (Å²) in [4.78, 5) is 11.6. The quantitative estimate of drug-likeness (QED) is 0.619. The monoisotopic (exact) mass is 226 g/mol. The Kier molecular flexibility index (Phi) is 4.45. The second kappa shape index (κ2) is 5.62. The Bertz CT molecular complexity index is 350. The molecule has 0 fully saturated rings. The number of nitrogens with one attached hydrogen (secondary N) is 1. The largest absolute Gasteiger partial charge is 0.391 e. The van der Waals surface area contributed by atoms with E-state index in [2.05, 4.69) is 10.4 Å². The Morgan fingerprint density at radius 3 is 2.94 bits per heavy atom. The zero-order valence-corrected chi connectivity index (χ0v) is 9.55. The topological polar surface area (TPSA) is 93.2 Å². The molecular weight excluding hydrogens is 208 g/mol. The first-order valence-corrected chi connectivity index (χ1v) is 5.24. The minimum atomic E-state index is -0.738. The van der Waals surface area contributed by atoms with Crippen LogP contribution in [0.5, 0.6) is 0 Å². The third-order valence-electron chi connectivity index (χ3n) is 2.35. The number of rotatable bonds is 5. The van der Waals surface area contributed by atoms with Crippen molar-refractivity contribution in [2.24, 2.45) is 12.8 Å². The van der Waals surface area contributed by atoms with Crippen molar-refractivity contribution in [3.63, 3.8) is 0 Å². The van der Waals surface area contributed by atoms with Crippen LogP contribution in [-0.2, 0) is 11.8 Å². The van der Waals surface area contributed by atoms with E-state index in [0.717, 1.165) is 0 Å². The van der Waals surface area contributed by atoms with Gasteiger partial charge < -0.3 is 16.2 Å². The van der Waals surface area contributed by atoms with Crippen molar-refractivity contribution in [3.05, 3.63) is 18.0 Å². The molecule has 4 N–H and O–H groups in total. The van der Waals surface area contributed by atoms with Gasteiger partial charge in [-0.2, -0.15) is 5.10 Å². The average Bonchev–Trinajstić information content (AvgIpc) is 2.71. The van der Waals surface area contributed by atoms with Gasteiger partial charge in [-0.3, -0.25) is 9.48 Å². The maximum Gasteiger partial charge on any atom is 0.241 e. The first-order chi connectivity index (χ1) is 7.54. The molecule has 0 aliphatic carbocycles. The lowest BCUT2D eigenvalue weighted by Gasteiger charge is -2.13. The molecule has 6 nitrogen and oxygen atoms in total. The highest BCUT2D eigenvalue weighted by molar-refractivity contribution is 5.82. The Morgan fingerprint density at radius 1 is 1.75 bits per heavy atom. The molecule has 1 rings (SSSR count). The van der Waals surface area contributed by atoms with E-state index >= 15 is 0 Å². The van der Waals surface area contributed by atoms with Gasteiger partial charge >= 0.3 is 0 Å². The molecule has 0 saturated carbocycles. The Morgan fingerprint density at radius 2 is 2.44 bits per heavy atom. The van der Waals surface area contributed by atoms with Gasteiger partial charge in [0, 0.05) is 25.4 Å². The zero-order valence-electron chi connectivity index (χ0n) is 9.55. The van der Waals surface area contributed by atoms with Crippen molar-refractivity contribution in [3.8, 4) is 0 Å². The molecule has 0 bridgehead atoms. The Balaban J connectivity index is 2.48. The van der Waals surface area contributed by atoms with Crippen LogP contribution in [0, 0.1) is 0 Å². The van der Waals surface area contributed by atoms with Crippen molar-refractivity contribution in [1.29, 1.82) is 0 Å². The van der Waals surface area contributed by atoms with E-state index in [0.29, 0.717) is 12.0 Å². The first-order valence-electron chi connectivity index (χ1n) is 5.24. The van der Waals surface area contributed by atoms with E-state index in [4.69, 9.17) is 5.73 Å². The summed E-state index contributed by atoms with van der Waals surface area (Å²) in [5.41, 5.74) is 6.39. The summed E-state index contributed by atoms with van der Waals surface area (Å²) in [5.74, 6) is -0.305. The molecule has 0 aromatic carbocycles. The number of aryl methyl sites for hydroxylation is 1. The molecule has 1 aromatic rings. The summed E-state index contributed by atoms with van der Waals surface area (Å²) in [7, 11) is 1.76.